The summed E-state index contributed by atoms with van der Waals surface area (Å²) < 4.78 is 0. The first-order valence-electron chi connectivity index (χ1n) is 12.7. The third-order valence-electron chi connectivity index (χ3n) is 7.60. The van der Waals surface area contributed by atoms with Crippen LogP contribution in [0.25, 0.3) is 11.0 Å². The first kappa shape index (κ1) is 23.7. The van der Waals surface area contributed by atoms with Gasteiger partial charge in [0.05, 0.1) is 21.7 Å². The van der Waals surface area contributed by atoms with Gasteiger partial charge < -0.3 is 20.5 Å². The molecule has 1 aliphatic heterocycles. The minimum absolute atomic E-state index is 0.0837. The van der Waals surface area contributed by atoms with Crippen molar-refractivity contribution in [1.82, 2.24) is 20.2 Å². The molecule has 2 aromatic carbocycles. The number of aromatic amines is 1. The molecule has 2 aliphatic rings. The molecular weight excluding hydrogens is 458 g/mol. The van der Waals surface area contributed by atoms with Gasteiger partial charge in [0.25, 0.3) is 5.91 Å². The monoisotopic (exact) mass is 491 g/mol. The van der Waals surface area contributed by atoms with Gasteiger partial charge in [-0.2, -0.15) is 0 Å². The number of anilines is 2. The zero-order valence-electron chi connectivity index (χ0n) is 20.4. The van der Waals surface area contributed by atoms with Gasteiger partial charge >= 0.3 is 0 Å². The number of amides is 1. The molecule has 0 bridgehead atoms. The maximum atomic E-state index is 12.7. The number of allylic oxidation sites excluding steroid dienone is 1. The Bertz CT molecular complexity index is 1240. The van der Waals surface area contributed by atoms with Gasteiger partial charge in [-0.15, -0.1) is 0 Å². The predicted molar refractivity (Wildman–Crippen MR) is 143 cm³/mol. The summed E-state index contributed by atoms with van der Waals surface area (Å²) in [5.74, 6) is 0.678. The molecule has 1 aromatic heterocycles. The van der Waals surface area contributed by atoms with Crippen LogP contribution in [-0.4, -0.2) is 33.9 Å². The molecule has 5 rings (SSSR count). The number of nitrogens with one attached hydrogen (secondary N) is 3. The maximum absolute atomic E-state index is 12.7. The number of hydrogen-bond donors (Lipinski definition) is 3. The number of nitrogens with zero attached hydrogens (tertiary/aromatic N) is 2. The van der Waals surface area contributed by atoms with E-state index in [0.29, 0.717) is 23.1 Å². The number of carbonyl (C=O) groups excluding carboxylic acids is 1. The summed E-state index contributed by atoms with van der Waals surface area (Å²) in [5, 5.41) is 7.50. The lowest BCUT2D eigenvalue weighted by molar-refractivity contribution is 0.0793. The Morgan fingerprint density at radius 3 is 2.66 bits per heavy atom. The second-order valence-electron chi connectivity index (χ2n) is 10.2. The van der Waals surface area contributed by atoms with E-state index in [2.05, 4.69) is 34.1 Å². The van der Waals surface area contributed by atoms with Crippen molar-refractivity contribution in [2.75, 3.05) is 18.4 Å². The Hall–Kier alpha value is -2.99. The third-order valence-corrected chi connectivity index (χ3v) is 7.93. The van der Waals surface area contributed by atoms with Crippen molar-refractivity contribution in [2.45, 2.75) is 58.4 Å². The van der Waals surface area contributed by atoms with Gasteiger partial charge in [-0.25, -0.2) is 4.98 Å². The highest BCUT2D eigenvalue weighted by Crippen LogP contribution is 2.40. The number of halogens is 1. The van der Waals surface area contributed by atoms with Crippen molar-refractivity contribution in [2.24, 2.45) is 5.41 Å². The fraction of sp³-hybridized carbons (Fsp3) is 0.429. The van der Waals surface area contributed by atoms with Crippen LogP contribution in [0.1, 0.15) is 67.8 Å². The summed E-state index contributed by atoms with van der Waals surface area (Å²) in [6, 6.07) is 11.6. The van der Waals surface area contributed by atoms with Gasteiger partial charge in [0.2, 0.25) is 5.95 Å². The summed E-state index contributed by atoms with van der Waals surface area (Å²) in [6.45, 7) is 9.04. The van der Waals surface area contributed by atoms with Gasteiger partial charge in [-0.1, -0.05) is 50.4 Å². The number of imidazole rings is 1. The normalized spacial score (nSPS) is 17.5. The molecule has 2 fully saturated rings. The second kappa shape index (κ2) is 9.94. The Morgan fingerprint density at radius 2 is 1.89 bits per heavy atom. The molecule has 1 aliphatic carbocycles. The summed E-state index contributed by atoms with van der Waals surface area (Å²) in [5.41, 5.74) is 5.51. The van der Waals surface area contributed by atoms with Gasteiger partial charge in [-0.05, 0) is 61.6 Å². The van der Waals surface area contributed by atoms with Crippen LogP contribution in [0.4, 0.5) is 11.6 Å². The average molecular weight is 492 g/mol. The smallest absolute Gasteiger partial charge is 0.253 e. The van der Waals surface area contributed by atoms with E-state index in [1.54, 1.807) is 0 Å². The number of likely N-dealkylation sites (tertiary alicyclic amines) is 1. The van der Waals surface area contributed by atoms with Crippen molar-refractivity contribution in [3.63, 3.8) is 0 Å². The van der Waals surface area contributed by atoms with E-state index < -0.39 is 0 Å². The first-order chi connectivity index (χ1) is 16.9. The number of rotatable bonds is 7. The largest absolute Gasteiger partial charge is 0.384 e. The van der Waals surface area contributed by atoms with Crippen LogP contribution in [0.2, 0.25) is 5.02 Å². The number of H-pyrrole nitrogens is 1. The third kappa shape index (κ3) is 5.18. The van der Waals surface area contributed by atoms with E-state index in [-0.39, 0.29) is 11.3 Å². The fourth-order valence-electron chi connectivity index (χ4n) is 5.27. The van der Waals surface area contributed by atoms with Crippen LogP contribution < -0.4 is 10.6 Å². The molecule has 3 N–H and O–H groups in total. The molecule has 184 valence electrons. The van der Waals surface area contributed by atoms with Crippen molar-refractivity contribution < 1.29 is 4.79 Å². The molecule has 6 nitrogen and oxygen atoms in total. The molecule has 0 radical (unpaired) electrons. The summed E-state index contributed by atoms with van der Waals surface area (Å²) in [4.78, 5) is 22.6. The standard InChI is InChI=1S/C28H34ClN5O/c1-19(28(2)12-4-3-5-13-28)30-18-20-8-10-22(29)24(16-20)32-27-31-23-11-9-21(17-25(23)33-27)26(35)34-14-6-7-15-34/h8-11,16-17,30H,1,3-7,12-15,18H2,2H3,(H2,31,32,33). The van der Waals surface area contributed by atoms with Crippen molar-refractivity contribution in [3.8, 4) is 0 Å². The number of aromatic nitrogens is 2. The van der Waals surface area contributed by atoms with Crippen molar-refractivity contribution >= 4 is 40.2 Å². The predicted octanol–water partition coefficient (Wildman–Crippen LogP) is 6.77. The van der Waals surface area contributed by atoms with Gasteiger partial charge in [0, 0.05) is 36.3 Å². The SMILES string of the molecule is C=C(NCc1ccc(Cl)c(Nc2nc3ccc(C(=O)N4CCCC4)cc3[nH]2)c1)C1(C)CCCCC1. The molecule has 2 heterocycles. The van der Waals surface area contributed by atoms with E-state index >= 15 is 0 Å². The van der Waals surface area contributed by atoms with Crippen LogP contribution in [0.3, 0.4) is 0 Å². The van der Waals surface area contributed by atoms with Gasteiger partial charge in [0.15, 0.2) is 0 Å². The number of carbonyl (C=O) groups is 1. The quantitative estimate of drug-likeness (QED) is 0.341. The van der Waals surface area contributed by atoms with Crippen LogP contribution in [0.5, 0.6) is 0 Å². The minimum atomic E-state index is 0.0837. The molecule has 1 amide bonds. The number of fused-ring (bicyclic) bond motifs is 1. The van der Waals surface area contributed by atoms with Gasteiger partial charge in [0.1, 0.15) is 0 Å². The highest BCUT2D eigenvalue weighted by molar-refractivity contribution is 6.33. The number of hydrogen-bond acceptors (Lipinski definition) is 4. The van der Waals surface area contributed by atoms with E-state index in [1.165, 1.54) is 32.1 Å². The lowest BCUT2D eigenvalue weighted by Crippen LogP contribution is -2.30. The topological polar surface area (TPSA) is 73.1 Å². The van der Waals surface area contributed by atoms with Crippen LogP contribution in [-0.2, 0) is 6.54 Å². The molecule has 3 aromatic rings. The zero-order chi connectivity index (χ0) is 24.4. The number of benzene rings is 2. The Balaban J connectivity index is 1.28. The van der Waals surface area contributed by atoms with Crippen LogP contribution in [0, 0.1) is 5.41 Å². The first-order valence-corrected chi connectivity index (χ1v) is 13.1. The molecule has 0 unspecified atom stereocenters. The van der Waals surface area contributed by atoms with E-state index in [4.69, 9.17) is 11.6 Å². The molecular formula is C28H34ClN5O. The Kier molecular flexibility index (Phi) is 6.74. The Labute approximate surface area is 212 Å². The Morgan fingerprint density at radius 1 is 1.11 bits per heavy atom. The zero-order valence-corrected chi connectivity index (χ0v) is 21.2. The minimum Gasteiger partial charge on any atom is -0.384 e. The van der Waals surface area contributed by atoms with E-state index in [0.717, 1.165) is 53.9 Å². The van der Waals surface area contributed by atoms with E-state index in [9.17, 15) is 4.79 Å². The maximum Gasteiger partial charge on any atom is 0.253 e. The lowest BCUT2D eigenvalue weighted by atomic mass is 9.73. The highest BCUT2D eigenvalue weighted by atomic mass is 35.5. The summed E-state index contributed by atoms with van der Waals surface area (Å²) in [7, 11) is 0. The van der Waals surface area contributed by atoms with Crippen LogP contribution in [0.15, 0.2) is 48.7 Å². The average Bonchev–Trinajstić information content (AvgIpc) is 3.54. The van der Waals surface area contributed by atoms with Crippen molar-refractivity contribution in [1.29, 1.82) is 0 Å². The van der Waals surface area contributed by atoms with Gasteiger partial charge in [-0.3, -0.25) is 4.79 Å². The molecule has 0 spiro atoms. The van der Waals surface area contributed by atoms with Crippen LogP contribution >= 0.6 is 11.6 Å². The highest BCUT2D eigenvalue weighted by Gasteiger charge is 2.29. The molecule has 0 atom stereocenters. The fourth-order valence-corrected chi connectivity index (χ4v) is 5.43. The van der Waals surface area contributed by atoms with Crippen molar-refractivity contribution in [3.05, 3.63) is 64.8 Å². The summed E-state index contributed by atoms with van der Waals surface area (Å²) >= 11 is 6.50. The van der Waals surface area contributed by atoms with E-state index in [1.807, 2.05) is 41.3 Å². The lowest BCUT2D eigenvalue weighted by Gasteiger charge is -2.36. The molecule has 1 saturated heterocycles. The molecule has 35 heavy (non-hydrogen) atoms. The molecule has 1 saturated carbocycles. The second-order valence-corrected chi connectivity index (χ2v) is 10.6. The molecule has 7 heteroatoms. The summed E-state index contributed by atoms with van der Waals surface area (Å²) in [6.07, 6.45) is 8.43.